The molecule has 0 spiro atoms. The minimum Gasteiger partial charge on any atom is -0.349 e. The van der Waals surface area contributed by atoms with E-state index in [2.05, 4.69) is 38.5 Å². The Balaban J connectivity index is 1.57. The lowest BCUT2D eigenvalue weighted by Crippen LogP contribution is -2.28. The summed E-state index contributed by atoms with van der Waals surface area (Å²) in [6, 6.07) is 14.1. The maximum atomic E-state index is 12.3. The second-order valence-electron chi connectivity index (χ2n) is 5.89. The number of hydrogen-bond donors (Lipinski definition) is 1. The predicted molar refractivity (Wildman–Crippen MR) is 107 cm³/mol. The number of aromatic nitrogens is 3. The van der Waals surface area contributed by atoms with Crippen molar-refractivity contribution in [1.82, 2.24) is 20.1 Å². The van der Waals surface area contributed by atoms with Crippen LogP contribution in [0.15, 0.2) is 53.0 Å². The predicted octanol–water partition coefficient (Wildman–Crippen LogP) is 3.92. The van der Waals surface area contributed by atoms with Crippen LogP contribution in [-0.2, 0) is 17.8 Å². The zero-order valence-electron chi connectivity index (χ0n) is 14.9. The van der Waals surface area contributed by atoms with Gasteiger partial charge in [-0.1, -0.05) is 48.2 Å². The maximum absolute atomic E-state index is 12.3. The fourth-order valence-electron chi connectivity index (χ4n) is 2.68. The van der Waals surface area contributed by atoms with Crippen LogP contribution in [0, 0.1) is 0 Å². The molecule has 5 nitrogen and oxygen atoms in total. The van der Waals surface area contributed by atoms with Gasteiger partial charge in [-0.15, -0.1) is 21.5 Å². The second kappa shape index (κ2) is 9.00. The van der Waals surface area contributed by atoms with Crippen LogP contribution in [0.2, 0.25) is 0 Å². The van der Waals surface area contributed by atoms with E-state index in [1.165, 1.54) is 16.6 Å². The average Bonchev–Trinajstić information content (AvgIpc) is 3.30. The smallest absolute Gasteiger partial charge is 0.230 e. The highest BCUT2D eigenvalue weighted by atomic mass is 32.2. The van der Waals surface area contributed by atoms with E-state index in [1.54, 1.807) is 11.3 Å². The summed E-state index contributed by atoms with van der Waals surface area (Å²) in [5.74, 6) is 1.27. The Labute approximate surface area is 161 Å². The maximum Gasteiger partial charge on any atom is 0.230 e. The third-order valence-corrected chi connectivity index (χ3v) is 5.87. The van der Waals surface area contributed by atoms with Gasteiger partial charge >= 0.3 is 0 Å². The first-order valence-electron chi connectivity index (χ1n) is 8.59. The van der Waals surface area contributed by atoms with Crippen LogP contribution in [0.5, 0.6) is 0 Å². The Morgan fingerprint density at radius 2 is 2.04 bits per heavy atom. The zero-order chi connectivity index (χ0) is 18.4. The molecule has 3 rings (SSSR count). The highest BCUT2D eigenvalue weighted by Gasteiger charge is 2.15. The molecule has 7 heteroatoms. The van der Waals surface area contributed by atoms with E-state index in [0.717, 1.165) is 29.5 Å². The van der Waals surface area contributed by atoms with Gasteiger partial charge in [-0.3, -0.25) is 4.79 Å². The molecule has 1 amide bonds. The largest absolute Gasteiger partial charge is 0.349 e. The van der Waals surface area contributed by atoms with Gasteiger partial charge in [-0.05, 0) is 30.9 Å². The first-order valence-corrected chi connectivity index (χ1v) is 10.5. The van der Waals surface area contributed by atoms with Crippen molar-refractivity contribution in [3.05, 3.63) is 64.1 Å². The summed E-state index contributed by atoms with van der Waals surface area (Å²) in [6.07, 6.45) is 0.774. The quantitative estimate of drug-likeness (QED) is 0.596. The van der Waals surface area contributed by atoms with Crippen molar-refractivity contribution in [3.8, 4) is 0 Å². The van der Waals surface area contributed by atoms with Crippen molar-refractivity contribution in [2.75, 3.05) is 5.75 Å². The van der Waals surface area contributed by atoms with E-state index < -0.39 is 0 Å². The molecule has 0 aliphatic rings. The second-order valence-corrected chi connectivity index (χ2v) is 7.86. The number of thiophene rings is 1. The van der Waals surface area contributed by atoms with Crippen molar-refractivity contribution in [2.45, 2.75) is 38.0 Å². The number of nitrogens with one attached hydrogen (secondary N) is 1. The molecule has 0 saturated heterocycles. The molecule has 2 aromatic heterocycles. The van der Waals surface area contributed by atoms with Crippen molar-refractivity contribution >= 4 is 29.0 Å². The Hall–Kier alpha value is -2.12. The van der Waals surface area contributed by atoms with Gasteiger partial charge in [-0.25, -0.2) is 0 Å². The van der Waals surface area contributed by atoms with Gasteiger partial charge in [0.2, 0.25) is 5.91 Å². The number of amides is 1. The molecule has 0 aliphatic heterocycles. The monoisotopic (exact) mass is 386 g/mol. The van der Waals surface area contributed by atoms with Crippen LogP contribution in [0.25, 0.3) is 0 Å². The van der Waals surface area contributed by atoms with Crippen molar-refractivity contribution in [2.24, 2.45) is 0 Å². The van der Waals surface area contributed by atoms with E-state index in [9.17, 15) is 4.79 Å². The molecular formula is C19H22N4OS2. The van der Waals surface area contributed by atoms with Crippen molar-refractivity contribution < 1.29 is 4.79 Å². The van der Waals surface area contributed by atoms with Crippen LogP contribution in [0.3, 0.4) is 0 Å². The summed E-state index contributed by atoms with van der Waals surface area (Å²) in [5, 5.41) is 14.5. The van der Waals surface area contributed by atoms with E-state index in [-0.39, 0.29) is 11.9 Å². The Morgan fingerprint density at radius 1 is 1.23 bits per heavy atom. The summed E-state index contributed by atoms with van der Waals surface area (Å²) in [5.41, 5.74) is 1.10. The van der Waals surface area contributed by atoms with E-state index >= 15 is 0 Å². The van der Waals surface area contributed by atoms with E-state index in [0.29, 0.717) is 5.75 Å². The average molecular weight is 387 g/mol. The lowest BCUT2D eigenvalue weighted by molar-refractivity contribution is -0.119. The molecule has 136 valence electrons. The van der Waals surface area contributed by atoms with Crippen molar-refractivity contribution in [1.29, 1.82) is 0 Å². The van der Waals surface area contributed by atoms with E-state index in [1.807, 2.05) is 43.3 Å². The summed E-state index contributed by atoms with van der Waals surface area (Å²) < 4.78 is 2.08. The fourth-order valence-corrected chi connectivity index (χ4v) is 4.22. The number of benzene rings is 1. The minimum atomic E-state index is -0.0114. The van der Waals surface area contributed by atoms with Gasteiger partial charge in [0, 0.05) is 17.8 Å². The third-order valence-electron chi connectivity index (χ3n) is 4.03. The van der Waals surface area contributed by atoms with Crippen molar-refractivity contribution in [3.63, 3.8) is 0 Å². The first-order chi connectivity index (χ1) is 12.7. The van der Waals surface area contributed by atoms with Crippen LogP contribution in [0.1, 0.15) is 36.2 Å². The molecule has 0 saturated carbocycles. The van der Waals surface area contributed by atoms with Gasteiger partial charge in [0.25, 0.3) is 0 Å². The topological polar surface area (TPSA) is 59.8 Å². The Kier molecular flexibility index (Phi) is 6.46. The standard InChI is InChI=1S/C19H22N4OS2/c1-3-23-17(12-16-10-7-11-25-16)21-22-19(23)26-13-18(24)20-14(2)15-8-5-4-6-9-15/h4-11,14H,3,12-13H2,1-2H3,(H,20,24). The normalized spacial score (nSPS) is 12.1. The lowest BCUT2D eigenvalue weighted by Gasteiger charge is -2.14. The van der Waals surface area contributed by atoms with Crippen LogP contribution < -0.4 is 5.32 Å². The molecule has 0 radical (unpaired) electrons. The molecule has 0 fully saturated rings. The van der Waals surface area contributed by atoms with Crippen LogP contribution in [0.4, 0.5) is 0 Å². The molecule has 0 bridgehead atoms. The molecule has 3 aromatic rings. The summed E-state index contributed by atoms with van der Waals surface area (Å²) >= 11 is 3.15. The zero-order valence-corrected chi connectivity index (χ0v) is 16.5. The molecule has 0 aliphatic carbocycles. The van der Waals surface area contributed by atoms with Gasteiger partial charge in [0.05, 0.1) is 11.8 Å². The van der Waals surface area contributed by atoms with Gasteiger partial charge < -0.3 is 9.88 Å². The lowest BCUT2D eigenvalue weighted by atomic mass is 10.1. The molecule has 2 heterocycles. The number of rotatable bonds is 8. The highest BCUT2D eigenvalue weighted by Crippen LogP contribution is 2.20. The summed E-state index contributed by atoms with van der Waals surface area (Å²) in [6.45, 7) is 4.85. The number of thioether (sulfide) groups is 1. The molecular weight excluding hydrogens is 364 g/mol. The first kappa shape index (κ1) is 18.7. The number of hydrogen-bond acceptors (Lipinski definition) is 5. The number of carbonyl (C=O) groups excluding carboxylic acids is 1. The van der Waals surface area contributed by atoms with E-state index in [4.69, 9.17) is 0 Å². The van der Waals surface area contributed by atoms with Crippen LogP contribution in [-0.4, -0.2) is 26.4 Å². The number of nitrogens with zero attached hydrogens (tertiary/aromatic N) is 3. The highest BCUT2D eigenvalue weighted by molar-refractivity contribution is 7.99. The molecule has 26 heavy (non-hydrogen) atoms. The van der Waals surface area contributed by atoms with Crippen LogP contribution >= 0.6 is 23.1 Å². The minimum absolute atomic E-state index is 0.00295. The molecule has 1 unspecified atom stereocenters. The Bertz CT molecular complexity index is 831. The fraction of sp³-hybridized carbons (Fsp3) is 0.316. The number of carbonyl (C=O) groups is 1. The third kappa shape index (κ3) is 4.74. The summed E-state index contributed by atoms with van der Waals surface area (Å²) in [7, 11) is 0. The molecule has 1 atom stereocenters. The van der Waals surface area contributed by atoms with Gasteiger partial charge in [0.1, 0.15) is 5.82 Å². The Morgan fingerprint density at radius 3 is 2.73 bits per heavy atom. The molecule has 1 N–H and O–H groups in total. The van der Waals surface area contributed by atoms with Gasteiger partial charge in [-0.2, -0.15) is 0 Å². The molecule has 1 aromatic carbocycles. The SMILES string of the molecule is CCn1c(Cc2cccs2)nnc1SCC(=O)NC(C)c1ccccc1. The summed E-state index contributed by atoms with van der Waals surface area (Å²) in [4.78, 5) is 13.5. The van der Waals surface area contributed by atoms with Gasteiger partial charge in [0.15, 0.2) is 5.16 Å².